The average molecular weight is 347 g/mol. The monoisotopic (exact) mass is 346 g/mol. The zero-order valence-corrected chi connectivity index (χ0v) is 13.6. The minimum absolute atomic E-state index is 0.223. The molecule has 0 bridgehead atoms. The van der Waals surface area contributed by atoms with Gasteiger partial charge in [-0.1, -0.05) is 6.92 Å². The Morgan fingerprint density at radius 1 is 1.50 bits per heavy atom. The zero-order chi connectivity index (χ0) is 15.1. The van der Waals surface area contributed by atoms with Crippen LogP contribution in [0.2, 0.25) is 0 Å². The van der Waals surface area contributed by atoms with Crippen molar-refractivity contribution in [3.63, 3.8) is 0 Å². The summed E-state index contributed by atoms with van der Waals surface area (Å²) in [5.41, 5.74) is 1.92. The largest absolute Gasteiger partial charge is 0.415 e. The van der Waals surface area contributed by atoms with E-state index >= 15 is 0 Å². The van der Waals surface area contributed by atoms with E-state index in [1.807, 2.05) is 20.8 Å². The normalized spacial score (nSPS) is 12.1. The summed E-state index contributed by atoms with van der Waals surface area (Å²) in [6.45, 7) is 6.41. The summed E-state index contributed by atoms with van der Waals surface area (Å²) in [6, 6.07) is 0. The van der Waals surface area contributed by atoms with Gasteiger partial charge in [0.05, 0.1) is 6.54 Å². The molecule has 112 valence electrons. The maximum absolute atomic E-state index is 13.3. The highest BCUT2D eigenvalue weighted by molar-refractivity contribution is 9.10. The van der Waals surface area contributed by atoms with Gasteiger partial charge in [0, 0.05) is 29.8 Å². The van der Waals surface area contributed by atoms with Crippen molar-refractivity contribution < 1.29 is 13.9 Å². The number of hydrogen-bond donors (Lipinski definition) is 0. The molecule has 0 aliphatic heterocycles. The van der Waals surface area contributed by atoms with Crippen LogP contribution < -0.4 is 0 Å². The number of nitrogens with zero attached hydrogens (tertiary/aromatic N) is 2. The average Bonchev–Trinajstić information content (AvgIpc) is 2.40. The van der Waals surface area contributed by atoms with Crippen molar-refractivity contribution in [2.24, 2.45) is 0 Å². The van der Waals surface area contributed by atoms with E-state index in [-0.39, 0.29) is 6.42 Å². The molecule has 0 aliphatic carbocycles. The predicted octanol–water partition coefficient (Wildman–Crippen LogP) is 4.21. The molecular formula is C14H20BrFN2O2. The van der Waals surface area contributed by atoms with Crippen LogP contribution in [-0.4, -0.2) is 28.9 Å². The Morgan fingerprint density at radius 3 is 2.80 bits per heavy atom. The summed E-state index contributed by atoms with van der Waals surface area (Å²) in [7, 11) is 0. The third-order valence-electron chi connectivity index (χ3n) is 3.00. The maximum atomic E-state index is 13.3. The lowest BCUT2D eigenvalue weighted by atomic mass is 10.1. The predicted molar refractivity (Wildman–Crippen MR) is 79.0 cm³/mol. The van der Waals surface area contributed by atoms with Crippen molar-refractivity contribution in [1.82, 2.24) is 9.88 Å². The summed E-state index contributed by atoms with van der Waals surface area (Å²) in [5, 5.41) is 0. The first-order valence-electron chi connectivity index (χ1n) is 6.68. The van der Waals surface area contributed by atoms with E-state index in [1.54, 1.807) is 12.4 Å². The first-order valence-corrected chi connectivity index (χ1v) is 7.47. The number of alkyl halides is 1. The van der Waals surface area contributed by atoms with E-state index in [0.717, 1.165) is 15.6 Å². The number of halogens is 2. The third kappa shape index (κ3) is 4.74. The molecule has 0 fully saturated rings. The van der Waals surface area contributed by atoms with Gasteiger partial charge >= 0.3 is 6.09 Å². The van der Waals surface area contributed by atoms with Crippen molar-refractivity contribution in [3.8, 4) is 0 Å². The lowest BCUT2D eigenvalue weighted by Gasteiger charge is -2.22. The van der Waals surface area contributed by atoms with Crippen LogP contribution in [-0.2, 0) is 11.3 Å². The van der Waals surface area contributed by atoms with Crippen LogP contribution in [0.15, 0.2) is 16.9 Å². The number of ether oxygens (including phenoxy) is 1. The summed E-state index contributed by atoms with van der Waals surface area (Å²) in [4.78, 5) is 17.4. The first-order chi connectivity index (χ1) is 9.49. The molecule has 0 spiro atoms. The van der Waals surface area contributed by atoms with Gasteiger partial charge in [0.25, 0.3) is 0 Å². The summed E-state index contributed by atoms with van der Waals surface area (Å²) in [6.07, 6.45) is 2.09. The SMILES string of the molecule is CCCC(F)OC(=O)N(CC)Cc1cncc(Br)c1C. The lowest BCUT2D eigenvalue weighted by molar-refractivity contribution is -0.0115. The van der Waals surface area contributed by atoms with Crippen LogP contribution in [0, 0.1) is 6.92 Å². The molecule has 0 N–H and O–H groups in total. The Labute approximate surface area is 127 Å². The van der Waals surface area contributed by atoms with Gasteiger partial charge in [0.15, 0.2) is 0 Å². The fourth-order valence-electron chi connectivity index (χ4n) is 1.68. The molecule has 0 saturated carbocycles. The Hall–Kier alpha value is -1.17. The number of pyridine rings is 1. The second-order valence-electron chi connectivity index (χ2n) is 4.50. The molecule has 20 heavy (non-hydrogen) atoms. The van der Waals surface area contributed by atoms with Gasteiger partial charge in [-0.05, 0) is 47.3 Å². The first kappa shape index (κ1) is 16.9. The minimum atomic E-state index is -1.54. The van der Waals surface area contributed by atoms with E-state index in [0.29, 0.717) is 19.5 Å². The number of carbonyl (C=O) groups is 1. The highest BCUT2D eigenvalue weighted by atomic mass is 79.9. The van der Waals surface area contributed by atoms with Crippen LogP contribution in [0.1, 0.15) is 37.8 Å². The Bertz CT molecular complexity index is 457. The van der Waals surface area contributed by atoms with Gasteiger partial charge in [-0.3, -0.25) is 4.98 Å². The number of rotatable bonds is 6. The molecule has 0 aromatic carbocycles. The molecule has 1 aromatic rings. The number of amides is 1. The molecule has 4 nitrogen and oxygen atoms in total. The molecule has 0 radical (unpaired) electrons. The highest BCUT2D eigenvalue weighted by Gasteiger charge is 2.19. The summed E-state index contributed by atoms with van der Waals surface area (Å²) in [5.74, 6) is 0. The van der Waals surface area contributed by atoms with Gasteiger partial charge in [0.2, 0.25) is 6.36 Å². The van der Waals surface area contributed by atoms with Crippen LogP contribution in [0.25, 0.3) is 0 Å². The van der Waals surface area contributed by atoms with Gasteiger partial charge < -0.3 is 9.64 Å². The van der Waals surface area contributed by atoms with Crippen LogP contribution >= 0.6 is 15.9 Å². The van der Waals surface area contributed by atoms with Crippen molar-refractivity contribution in [2.75, 3.05) is 6.54 Å². The molecule has 1 atom stereocenters. The molecule has 6 heteroatoms. The number of aromatic nitrogens is 1. The molecule has 0 aliphatic rings. The van der Waals surface area contributed by atoms with Crippen LogP contribution in [0.5, 0.6) is 0 Å². The van der Waals surface area contributed by atoms with Crippen molar-refractivity contribution >= 4 is 22.0 Å². The maximum Gasteiger partial charge on any atom is 0.412 e. The van der Waals surface area contributed by atoms with Crippen LogP contribution in [0.4, 0.5) is 9.18 Å². The molecule has 1 amide bonds. The van der Waals surface area contributed by atoms with E-state index < -0.39 is 12.5 Å². The number of hydrogen-bond acceptors (Lipinski definition) is 3. The molecule has 1 heterocycles. The Balaban J connectivity index is 2.71. The van der Waals surface area contributed by atoms with E-state index in [4.69, 9.17) is 4.74 Å². The standard InChI is InChI=1S/C14H20BrFN2O2/c1-4-6-13(16)20-14(19)18(5-2)9-11-7-17-8-12(15)10(11)3/h7-8,13H,4-6,9H2,1-3H3. The molecular weight excluding hydrogens is 327 g/mol. The number of carbonyl (C=O) groups excluding carboxylic acids is 1. The second-order valence-corrected chi connectivity index (χ2v) is 5.36. The van der Waals surface area contributed by atoms with E-state index in [9.17, 15) is 9.18 Å². The second kappa shape index (κ2) is 8.19. The van der Waals surface area contributed by atoms with Crippen molar-refractivity contribution in [2.45, 2.75) is 46.5 Å². The molecule has 1 rings (SSSR count). The van der Waals surface area contributed by atoms with Gasteiger partial charge in [0.1, 0.15) is 0 Å². The Kier molecular flexibility index (Phi) is 6.91. The minimum Gasteiger partial charge on any atom is -0.415 e. The summed E-state index contributed by atoms with van der Waals surface area (Å²) < 4.78 is 19.0. The fraction of sp³-hybridized carbons (Fsp3) is 0.571. The van der Waals surface area contributed by atoms with Gasteiger partial charge in [-0.15, -0.1) is 0 Å². The van der Waals surface area contributed by atoms with E-state index in [1.165, 1.54) is 4.90 Å². The molecule has 1 aromatic heterocycles. The third-order valence-corrected chi connectivity index (χ3v) is 3.80. The smallest absolute Gasteiger partial charge is 0.412 e. The quantitative estimate of drug-likeness (QED) is 0.774. The summed E-state index contributed by atoms with van der Waals surface area (Å²) >= 11 is 3.40. The molecule has 0 saturated heterocycles. The van der Waals surface area contributed by atoms with Crippen molar-refractivity contribution in [1.29, 1.82) is 0 Å². The lowest BCUT2D eigenvalue weighted by Crippen LogP contribution is -2.33. The highest BCUT2D eigenvalue weighted by Crippen LogP contribution is 2.19. The zero-order valence-electron chi connectivity index (χ0n) is 12.0. The molecule has 1 unspecified atom stereocenters. The Morgan fingerprint density at radius 2 is 2.20 bits per heavy atom. The topological polar surface area (TPSA) is 42.4 Å². The fourth-order valence-corrected chi connectivity index (χ4v) is 2.05. The van der Waals surface area contributed by atoms with E-state index in [2.05, 4.69) is 20.9 Å². The van der Waals surface area contributed by atoms with Gasteiger partial charge in [-0.25, -0.2) is 9.18 Å². The van der Waals surface area contributed by atoms with Gasteiger partial charge in [-0.2, -0.15) is 0 Å². The van der Waals surface area contributed by atoms with Crippen molar-refractivity contribution in [3.05, 3.63) is 28.0 Å². The van der Waals surface area contributed by atoms with Crippen LogP contribution in [0.3, 0.4) is 0 Å².